The van der Waals surface area contributed by atoms with Gasteiger partial charge in [-0.2, -0.15) is 0 Å². The molecule has 3 heterocycles. The van der Waals surface area contributed by atoms with Crippen molar-refractivity contribution in [1.82, 2.24) is 14.5 Å². The van der Waals surface area contributed by atoms with Gasteiger partial charge >= 0.3 is 0 Å². The second-order valence-corrected chi connectivity index (χ2v) is 8.73. The van der Waals surface area contributed by atoms with Crippen molar-refractivity contribution in [2.45, 2.75) is 13.5 Å². The van der Waals surface area contributed by atoms with Crippen molar-refractivity contribution in [3.8, 4) is 11.3 Å². The molecule has 0 spiro atoms. The SMILES string of the molecule is Cc1cccc2c(=O)n(CC(=O)Nc3ccc(-c4csc(N5CCOCC5)n4)cc3)cnc12. The van der Waals surface area contributed by atoms with E-state index in [1.54, 1.807) is 17.4 Å². The summed E-state index contributed by atoms with van der Waals surface area (Å²) in [7, 11) is 0. The van der Waals surface area contributed by atoms with E-state index in [2.05, 4.69) is 15.2 Å². The van der Waals surface area contributed by atoms with Crippen molar-refractivity contribution in [2.75, 3.05) is 36.5 Å². The Bertz CT molecular complexity index is 1360. The van der Waals surface area contributed by atoms with Crippen LogP contribution in [0, 0.1) is 6.92 Å². The van der Waals surface area contributed by atoms with Gasteiger partial charge in [0.1, 0.15) is 6.54 Å². The molecule has 0 atom stereocenters. The maximum Gasteiger partial charge on any atom is 0.261 e. The summed E-state index contributed by atoms with van der Waals surface area (Å²) in [6.07, 6.45) is 1.43. The molecule has 1 aliphatic rings. The second kappa shape index (κ2) is 9.13. The fourth-order valence-corrected chi connectivity index (χ4v) is 4.71. The van der Waals surface area contributed by atoms with E-state index in [9.17, 15) is 9.59 Å². The van der Waals surface area contributed by atoms with Gasteiger partial charge in [-0.25, -0.2) is 9.97 Å². The third kappa shape index (κ3) is 4.50. The predicted molar refractivity (Wildman–Crippen MR) is 130 cm³/mol. The molecule has 4 aromatic rings. The van der Waals surface area contributed by atoms with Crippen molar-refractivity contribution in [2.24, 2.45) is 0 Å². The fraction of sp³-hybridized carbons (Fsp3) is 0.250. The summed E-state index contributed by atoms with van der Waals surface area (Å²) >= 11 is 1.62. The van der Waals surface area contributed by atoms with Gasteiger partial charge in [0.25, 0.3) is 5.56 Å². The third-order valence-corrected chi connectivity index (χ3v) is 6.51. The molecule has 5 rings (SSSR count). The minimum atomic E-state index is -0.290. The Hall–Kier alpha value is -3.56. The highest BCUT2D eigenvalue weighted by Gasteiger charge is 2.15. The minimum Gasteiger partial charge on any atom is -0.378 e. The van der Waals surface area contributed by atoms with Crippen LogP contribution in [0.1, 0.15) is 5.56 Å². The average Bonchev–Trinajstić information content (AvgIpc) is 3.33. The van der Waals surface area contributed by atoms with Gasteiger partial charge in [0.2, 0.25) is 5.91 Å². The molecule has 2 aromatic heterocycles. The molecule has 1 fully saturated rings. The van der Waals surface area contributed by atoms with Gasteiger partial charge in [-0.15, -0.1) is 11.3 Å². The third-order valence-electron chi connectivity index (χ3n) is 5.61. The summed E-state index contributed by atoms with van der Waals surface area (Å²) in [4.78, 5) is 36.6. The van der Waals surface area contributed by atoms with E-state index in [1.807, 2.05) is 48.7 Å². The monoisotopic (exact) mass is 461 g/mol. The molecule has 168 valence electrons. The Labute approximate surface area is 194 Å². The normalized spacial score (nSPS) is 13.9. The highest BCUT2D eigenvalue weighted by Crippen LogP contribution is 2.28. The number of hydrogen-bond donors (Lipinski definition) is 1. The number of aryl methyl sites for hydroxylation is 1. The number of nitrogens with zero attached hydrogens (tertiary/aromatic N) is 4. The highest BCUT2D eigenvalue weighted by molar-refractivity contribution is 7.14. The van der Waals surface area contributed by atoms with Gasteiger partial charge in [-0.3, -0.25) is 14.2 Å². The number of benzene rings is 2. The molecule has 33 heavy (non-hydrogen) atoms. The number of aromatic nitrogens is 3. The van der Waals surface area contributed by atoms with Crippen LogP contribution in [0.2, 0.25) is 0 Å². The van der Waals surface area contributed by atoms with Gasteiger partial charge in [0.05, 0.1) is 36.1 Å². The molecule has 1 saturated heterocycles. The molecular weight excluding hydrogens is 438 g/mol. The lowest BCUT2D eigenvalue weighted by atomic mass is 10.1. The van der Waals surface area contributed by atoms with Crippen LogP contribution in [0.3, 0.4) is 0 Å². The zero-order valence-corrected chi connectivity index (χ0v) is 19.0. The lowest BCUT2D eigenvalue weighted by Crippen LogP contribution is -2.36. The molecule has 9 heteroatoms. The fourth-order valence-electron chi connectivity index (χ4n) is 3.83. The first-order chi connectivity index (χ1) is 16.1. The maximum atomic E-state index is 12.7. The minimum absolute atomic E-state index is 0.105. The zero-order valence-electron chi connectivity index (χ0n) is 18.2. The Morgan fingerprint density at radius 3 is 2.73 bits per heavy atom. The van der Waals surface area contributed by atoms with Crippen molar-refractivity contribution in [1.29, 1.82) is 0 Å². The number of fused-ring (bicyclic) bond motifs is 1. The van der Waals surface area contributed by atoms with Crippen molar-refractivity contribution in [3.63, 3.8) is 0 Å². The van der Waals surface area contributed by atoms with Crippen molar-refractivity contribution in [3.05, 3.63) is 70.1 Å². The van der Waals surface area contributed by atoms with Crippen LogP contribution in [0.5, 0.6) is 0 Å². The van der Waals surface area contributed by atoms with Gasteiger partial charge in [-0.1, -0.05) is 24.3 Å². The molecule has 8 nitrogen and oxygen atoms in total. The van der Waals surface area contributed by atoms with Crippen LogP contribution in [0.4, 0.5) is 10.8 Å². The van der Waals surface area contributed by atoms with E-state index in [1.165, 1.54) is 10.9 Å². The molecule has 1 N–H and O–H groups in total. The zero-order chi connectivity index (χ0) is 22.8. The van der Waals surface area contributed by atoms with Crippen LogP contribution in [-0.2, 0) is 16.1 Å². The number of anilines is 2. The number of para-hydroxylation sites is 1. The molecule has 0 aliphatic carbocycles. The first-order valence-corrected chi connectivity index (χ1v) is 11.6. The molecule has 2 aromatic carbocycles. The lowest BCUT2D eigenvalue weighted by Gasteiger charge is -2.26. The Morgan fingerprint density at radius 2 is 1.94 bits per heavy atom. The number of thiazole rings is 1. The van der Waals surface area contributed by atoms with Crippen molar-refractivity contribution < 1.29 is 9.53 Å². The number of nitrogens with one attached hydrogen (secondary N) is 1. The molecule has 0 saturated carbocycles. The number of hydrogen-bond acceptors (Lipinski definition) is 7. The number of amides is 1. The Morgan fingerprint density at radius 1 is 1.15 bits per heavy atom. The van der Waals surface area contributed by atoms with E-state index < -0.39 is 0 Å². The van der Waals surface area contributed by atoms with Gasteiger partial charge in [0, 0.05) is 29.7 Å². The van der Waals surface area contributed by atoms with Crippen LogP contribution < -0.4 is 15.8 Å². The first-order valence-electron chi connectivity index (χ1n) is 10.7. The summed E-state index contributed by atoms with van der Waals surface area (Å²) in [5.41, 5.74) is 3.91. The number of rotatable bonds is 5. The summed E-state index contributed by atoms with van der Waals surface area (Å²) < 4.78 is 6.73. The molecule has 1 amide bonds. The molecule has 1 aliphatic heterocycles. The number of morpholine rings is 1. The summed E-state index contributed by atoms with van der Waals surface area (Å²) in [5, 5.41) is 6.39. The first kappa shape index (κ1) is 21.3. The smallest absolute Gasteiger partial charge is 0.261 e. The summed E-state index contributed by atoms with van der Waals surface area (Å²) in [6, 6.07) is 13.0. The molecular formula is C24H23N5O3S. The quantitative estimate of drug-likeness (QED) is 0.491. The number of ether oxygens (including phenoxy) is 1. The van der Waals surface area contributed by atoms with E-state index in [0.717, 1.165) is 48.3 Å². The number of carbonyl (C=O) groups is 1. The van der Waals surface area contributed by atoms with Crippen LogP contribution in [0.15, 0.2) is 59.0 Å². The Balaban J connectivity index is 1.26. The van der Waals surface area contributed by atoms with E-state index in [4.69, 9.17) is 9.72 Å². The van der Waals surface area contributed by atoms with E-state index in [0.29, 0.717) is 16.6 Å². The lowest BCUT2D eigenvalue weighted by molar-refractivity contribution is -0.116. The maximum absolute atomic E-state index is 12.7. The number of carbonyl (C=O) groups excluding carboxylic acids is 1. The largest absolute Gasteiger partial charge is 0.378 e. The van der Waals surface area contributed by atoms with E-state index in [-0.39, 0.29) is 18.0 Å². The van der Waals surface area contributed by atoms with Crippen LogP contribution in [0.25, 0.3) is 22.2 Å². The molecule has 0 bridgehead atoms. The standard InChI is InChI=1S/C24H23N5O3S/c1-16-3-2-4-19-22(16)25-15-29(23(19)31)13-21(30)26-18-7-5-17(6-8-18)20-14-33-24(27-20)28-9-11-32-12-10-28/h2-8,14-15H,9-13H2,1H3,(H,26,30). The topological polar surface area (TPSA) is 89.4 Å². The van der Waals surface area contributed by atoms with Gasteiger partial charge < -0.3 is 15.0 Å². The predicted octanol–water partition coefficient (Wildman–Crippen LogP) is 3.30. The van der Waals surface area contributed by atoms with Gasteiger partial charge in [-0.05, 0) is 30.7 Å². The van der Waals surface area contributed by atoms with E-state index >= 15 is 0 Å². The Kier molecular flexibility index (Phi) is 5.89. The summed E-state index contributed by atoms with van der Waals surface area (Å²) in [6.45, 7) is 4.96. The van der Waals surface area contributed by atoms with Gasteiger partial charge in [0.15, 0.2) is 5.13 Å². The molecule has 0 radical (unpaired) electrons. The average molecular weight is 462 g/mol. The van der Waals surface area contributed by atoms with Crippen molar-refractivity contribution >= 4 is 39.0 Å². The van der Waals surface area contributed by atoms with Crippen LogP contribution in [-0.4, -0.2) is 46.7 Å². The highest BCUT2D eigenvalue weighted by atomic mass is 32.1. The van der Waals surface area contributed by atoms with Crippen LogP contribution >= 0.6 is 11.3 Å². The molecule has 0 unspecified atom stereocenters. The second-order valence-electron chi connectivity index (χ2n) is 7.89. The summed E-state index contributed by atoms with van der Waals surface area (Å²) in [5.74, 6) is -0.290.